The Labute approximate surface area is 289 Å². The standard InChI is InChI=1S/C27H47N3O21/c28-30-29-2-1-3-44-24-18(41)14(37)21(9(5-32)46-24)50-26-20(43)16(39)23(11(7-34)48-26)51-27-19(42)15(38)22(10(6-33)47-27)49-25-17(40)13(36)12(35)8(4-31)45-25/h8-27,31-43H,1-7H2/t8-,9-,10-,11-,12-,13+,14-,15-,16-,17+,18+,19+,20+,21-,22-,23-,24-,25+,26+,27+/m1/s1. The number of hydrogen-bond acceptors (Lipinski definition) is 22. The first-order valence-corrected chi connectivity index (χ1v) is 16.1. The Bertz CT molecular complexity index is 1100. The van der Waals surface area contributed by atoms with Crippen molar-refractivity contribution in [2.45, 2.75) is 129 Å². The zero-order valence-corrected chi connectivity index (χ0v) is 26.9. The average Bonchev–Trinajstić information content (AvgIpc) is 3.13. The van der Waals surface area contributed by atoms with E-state index in [4.69, 9.17) is 43.4 Å². The average molecular weight is 750 g/mol. The highest BCUT2D eigenvalue weighted by molar-refractivity contribution is 4.97. The van der Waals surface area contributed by atoms with Crippen LogP contribution >= 0.6 is 0 Å². The Kier molecular flexibility index (Phi) is 15.9. The van der Waals surface area contributed by atoms with Gasteiger partial charge in [-0.05, 0) is 12.0 Å². The molecule has 4 rings (SSSR count). The van der Waals surface area contributed by atoms with Crippen molar-refractivity contribution in [1.29, 1.82) is 0 Å². The minimum Gasteiger partial charge on any atom is -0.394 e. The number of ether oxygens (including phenoxy) is 8. The molecule has 296 valence electrons. The zero-order chi connectivity index (χ0) is 37.6. The molecule has 4 heterocycles. The van der Waals surface area contributed by atoms with Crippen molar-refractivity contribution >= 4 is 0 Å². The van der Waals surface area contributed by atoms with E-state index in [-0.39, 0.29) is 19.6 Å². The van der Waals surface area contributed by atoms with Crippen molar-refractivity contribution in [1.82, 2.24) is 0 Å². The number of aliphatic hydroxyl groups is 13. The van der Waals surface area contributed by atoms with Gasteiger partial charge >= 0.3 is 0 Å². The molecule has 4 aliphatic rings. The summed E-state index contributed by atoms with van der Waals surface area (Å²) in [4.78, 5) is 2.59. The number of nitrogens with zero attached hydrogens (tertiary/aromatic N) is 3. The highest BCUT2D eigenvalue weighted by Gasteiger charge is 2.55. The number of azide groups is 1. The third-order valence-corrected chi connectivity index (χ3v) is 8.93. The summed E-state index contributed by atoms with van der Waals surface area (Å²) in [5.41, 5.74) is 8.35. The molecular weight excluding hydrogens is 702 g/mol. The fourth-order valence-corrected chi connectivity index (χ4v) is 6.05. The molecule has 0 unspecified atom stereocenters. The van der Waals surface area contributed by atoms with E-state index < -0.39 is 149 Å². The summed E-state index contributed by atoms with van der Waals surface area (Å²) in [5, 5.41) is 138. The van der Waals surface area contributed by atoms with Crippen molar-refractivity contribution < 1.29 is 104 Å². The third kappa shape index (κ3) is 9.41. The minimum atomic E-state index is -2.03. The summed E-state index contributed by atoms with van der Waals surface area (Å²) < 4.78 is 44.0. The fourth-order valence-electron chi connectivity index (χ4n) is 6.05. The summed E-state index contributed by atoms with van der Waals surface area (Å²) in [6.07, 6.45) is -34.5. The van der Waals surface area contributed by atoms with Gasteiger partial charge in [-0.3, -0.25) is 0 Å². The zero-order valence-electron chi connectivity index (χ0n) is 26.9. The van der Waals surface area contributed by atoms with Gasteiger partial charge in [0.25, 0.3) is 0 Å². The van der Waals surface area contributed by atoms with E-state index in [1.165, 1.54) is 0 Å². The van der Waals surface area contributed by atoms with Gasteiger partial charge in [-0.25, -0.2) is 0 Å². The van der Waals surface area contributed by atoms with Crippen LogP contribution in [0.4, 0.5) is 0 Å². The van der Waals surface area contributed by atoms with Crippen LogP contribution in [0, 0.1) is 0 Å². The van der Waals surface area contributed by atoms with E-state index >= 15 is 0 Å². The van der Waals surface area contributed by atoms with Crippen molar-refractivity contribution in [2.75, 3.05) is 39.6 Å². The van der Waals surface area contributed by atoms with Crippen LogP contribution in [0.15, 0.2) is 5.11 Å². The Balaban J connectivity index is 1.39. The number of aliphatic hydroxyl groups excluding tert-OH is 13. The summed E-state index contributed by atoms with van der Waals surface area (Å²) in [5.74, 6) is 0. The van der Waals surface area contributed by atoms with Crippen LogP contribution in [-0.2, 0) is 37.9 Å². The fraction of sp³-hybridized carbons (Fsp3) is 1.00. The molecule has 0 amide bonds. The molecule has 0 radical (unpaired) electrons. The summed E-state index contributed by atoms with van der Waals surface area (Å²) >= 11 is 0. The second-order valence-corrected chi connectivity index (χ2v) is 12.3. The Hall–Kier alpha value is -1.53. The van der Waals surface area contributed by atoms with Crippen LogP contribution in [0.2, 0.25) is 0 Å². The largest absolute Gasteiger partial charge is 0.394 e. The van der Waals surface area contributed by atoms with E-state index in [9.17, 15) is 66.4 Å². The molecular formula is C27H47N3O21. The molecule has 0 spiro atoms. The van der Waals surface area contributed by atoms with E-state index in [1.807, 2.05) is 0 Å². The smallest absolute Gasteiger partial charge is 0.187 e. The first kappa shape index (κ1) is 42.2. The van der Waals surface area contributed by atoms with E-state index in [2.05, 4.69) is 10.0 Å². The molecule has 24 heteroatoms. The van der Waals surface area contributed by atoms with Crippen molar-refractivity contribution in [3.63, 3.8) is 0 Å². The van der Waals surface area contributed by atoms with E-state index in [1.54, 1.807) is 0 Å². The molecule has 0 bridgehead atoms. The topological polar surface area (TPSA) is 386 Å². The third-order valence-electron chi connectivity index (χ3n) is 8.93. The van der Waals surface area contributed by atoms with Gasteiger partial charge < -0.3 is 104 Å². The Morgan fingerprint density at radius 3 is 1.22 bits per heavy atom. The van der Waals surface area contributed by atoms with Gasteiger partial charge in [0.05, 0.1) is 26.4 Å². The monoisotopic (exact) mass is 749 g/mol. The molecule has 51 heavy (non-hydrogen) atoms. The Morgan fingerprint density at radius 1 is 0.471 bits per heavy atom. The second kappa shape index (κ2) is 19.2. The Morgan fingerprint density at radius 2 is 0.824 bits per heavy atom. The predicted octanol–water partition coefficient (Wildman–Crippen LogP) is -8.02. The lowest BCUT2D eigenvalue weighted by Gasteiger charge is -2.49. The van der Waals surface area contributed by atoms with Crippen LogP contribution in [0.1, 0.15) is 6.42 Å². The quantitative estimate of drug-likeness (QED) is 0.0320. The molecule has 0 aliphatic carbocycles. The van der Waals surface area contributed by atoms with Crippen LogP contribution in [0.25, 0.3) is 10.4 Å². The summed E-state index contributed by atoms with van der Waals surface area (Å²) in [6.45, 7) is -3.34. The summed E-state index contributed by atoms with van der Waals surface area (Å²) in [7, 11) is 0. The van der Waals surface area contributed by atoms with Gasteiger partial charge in [-0.2, -0.15) is 0 Å². The van der Waals surface area contributed by atoms with Crippen LogP contribution in [0.5, 0.6) is 0 Å². The predicted molar refractivity (Wildman–Crippen MR) is 156 cm³/mol. The molecule has 20 atom stereocenters. The molecule has 0 aromatic heterocycles. The summed E-state index contributed by atoms with van der Waals surface area (Å²) in [6, 6.07) is 0. The minimum absolute atomic E-state index is 0.0469. The highest BCUT2D eigenvalue weighted by Crippen LogP contribution is 2.34. The number of hydrogen-bond donors (Lipinski definition) is 13. The second-order valence-electron chi connectivity index (χ2n) is 12.3. The van der Waals surface area contributed by atoms with Crippen LogP contribution < -0.4 is 0 Å². The molecule has 13 N–H and O–H groups in total. The maximum Gasteiger partial charge on any atom is 0.187 e. The maximum absolute atomic E-state index is 11.0. The lowest BCUT2D eigenvalue weighted by Crippen LogP contribution is -2.67. The molecule has 4 saturated heterocycles. The van der Waals surface area contributed by atoms with Gasteiger partial charge in [-0.1, -0.05) is 5.11 Å². The first-order chi connectivity index (χ1) is 24.3. The molecule has 0 saturated carbocycles. The lowest BCUT2D eigenvalue weighted by molar-refractivity contribution is -0.388. The normalized spacial score (nSPS) is 47.9. The van der Waals surface area contributed by atoms with Crippen LogP contribution in [-0.4, -0.2) is 229 Å². The first-order valence-electron chi connectivity index (χ1n) is 16.1. The molecule has 0 aromatic rings. The molecule has 24 nitrogen and oxygen atoms in total. The van der Waals surface area contributed by atoms with Gasteiger partial charge in [-0.15, -0.1) is 0 Å². The highest BCUT2D eigenvalue weighted by atomic mass is 16.8. The molecule has 4 fully saturated rings. The van der Waals surface area contributed by atoms with Crippen molar-refractivity contribution in [3.05, 3.63) is 10.4 Å². The van der Waals surface area contributed by atoms with Crippen molar-refractivity contribution in [3.8, 4) is 0 Å². The van der Waals surface area contributed by atoms with Gasteiger partial charge in [0.15, 0.2) is 25.2 Å². The van der Waals surface area contributed by atoms with Crippen molar-refractivity contribution in [2.24, 2.45) is 5.11 Å². The SMILES string of the molecule is [N-]=[N+]=NCCCO[C@@H]1O[C@H](CO)[C@@H](O[C@@H]2O[C@H](CO)[C@@H](O[C@@H]3O[C@H](CO)[C@@H](O[C@@H]4O[C@H](CO)[C@@H](O)[C@H](O)[C@@H]4O)[C@H](O)[C@@H]3O)[C@H](O)[C@@H]2O)[C@H](O)[C@@H]1O. The molecule has 4 aliphatic heterocycles. The van der Waals surface area contributed by atoms with E-state index in [0.29, 0.717) is 0 Å². The van der Waals surface area contributed by atoms with E-state index in [0.717, 1.165) is 0 Å². The van der Waals surface area contributed by atoms with Gasteiger partial charge in [0.2, 0.25) is 0 Å². The molecule has 0 aromatic carbocycles. The van der Waals surface area contributed by atoms with Crippen LogP contribution in [0.3, 0.4) is 0 Å². The van der Waals surface area contributed by atoms with Gasteiger partial charge in [0, 0.05) is 18.1 Å². The maximum atomic E-state index is 11.0. The lowest BCUT2D eigenvalue weighted by atomic mass is 9.95. The van der Waals surface area contributed by atoms with Gasteiger partial charge in [0.1, 0.15) is 97.7 Å². The number of rotatable bonds is 15.